The Morgan fingerprint density at radius 2 is 2.56 bits per heavy atom. The maximum Gasteiger partial charge on any atom is 0.333 e. The highest BCUT2D eigenvalue weighted by Gasteiger charge is 2.14. The average Bonchev–Trinajstić information content (AvgIpc) is 1.82. The fourth-order valence-electron chi connectivity index (χ4n) is 0.354. The molecular formula is C5H7NO3. The van der Waals surface area contributed by atoms with Crippen molar-refractivity contribution in [3.63, 3.8) is 0 Å². The molecule has 0 heterocycles. The van der Waals surface area contributed by atoms with E-state index in [1.807, 2.05) is 0 Å². The third-order valence-electron chi connectivity index (χ3n) is 0.837. The molecule has 0 spiro atoms. The van der Waals surface area contributed by atoms with Crippen molar-refractivity contribution in [3.05, 3.63) is 0 Å². The Bertz CT molecular complexity index is 138. The Balaban J connectivity index is 3.71. The van der Waals surface area contributed by atoms with Crippen LogP contribution in [-0.2, 0) is 9.53 Å². The molecule has 4 nitrogen and oxygen atoms in total. The van der Waals surface area contributed by atoms with Gasteiger partial charge in [-0.2, -0.15) is 5.26 Å². The van der Waals surface area contributed by atoms with E-state index < -0.39 is 12.1 Å². The second-order valence-electron chi connectivity index (χ2n) is 1.42. The summed E-state index contributed by atoms with van der Waals surface area (Å²) in [5.41, 5.74) is 0. The first-order valence-electron chi connectivity index (χ1n) is 2.35. The van der Waals surface area contributed by atoms with Crippen molar-refractivity contribution in [2.75, 3.05) is 7.11 Å². The molecule has 9 heavy (non-hydrogen) atoms. The number of ether oxygens (including phenoxy) is 1. The monoisotopic (exact) mass is 129 g/mol. The summed E-state index contributed by atoms with van der Waals surface area (Å²) in [5, 5.41) is 16.3. The van der Waals surface area contributed by atoms with Gasteiger partial charge in [-0.05, 0) is 0 Å². The van der Waals surface area contributed by atoms with Gasteiger partial charge < -0.3 is 9.84 Å². The van der Waals surface area contributed by atoms with Crippen LogP contribution in [-0.4, -0.2) is 24.3 Å². The number of carbonyl (C=O) groups is 1. The van der Waals surface area contributed by atoms with E-state index in [4.69, 9.17) is 10.4 Å². The lowest BCUT2D eigenvalue weighted by Crippen LogP contribution is -2.21. The SMILES string of the molecule is CO[C@H](CC#N)C(=O)O. The number of hydrogen-bond acceptors (Lipinski definition) is 3. The topological polar surface area (TPSA) is 70.3 Å². The van der Waals surface area contributed by atoms with Crippen LogP contribution in [0.5, 0.6) is 0 Å². The van der Waals surface area contributed by atoms with Crippen LogP contribution in [0.15, 0.2) is 0 Å². The van der Waals surface area contributed by atoms with Gasteiger partial charge in [0.15, 0.2) is 6.10 Å². The van der Waals surface area contributed by atoms with Crippen LogP contribution >= 0.6 is 0 Å². The largest absolute Gasteiger partial charge is 0.479 e. The Kier molecular flexibility index (Phi) is 3.40. The van der Waals surface area contributed by atoms with E-state index in [-0.39, 0.29) is 6.42 Å². The molecule has 1 N–H and O–H groups in total. The number of aliphatic carboxylic acids is 1. The molecule has 4 heteroatoms. The van der Waals surface area contributed by atoms with Crippen molar-refractivity contribution < 1.29 is 14.6 Å². The minimum Gasteiger partial charge on any atom is -0.479 e. The third-order valence-corrected chi connectivity index (χ3v) is 0.837. The van der Waals surface area contributed by atoms with E-state index in [0.717, 1.165) is 0 Å². The average molecular weight is 129 g/mol. The van der Waals surface area contributed by atoms with E-state index in [9.17, 15) is 4.79 Å². The number of carboxylic acid groups (broad SMARTS) is 1. The second kappa shape index (κ2) is 3.87. The van der Waals surface area contributed by atoms with Crippen LogP contribution in [0.1, 0.15) is 6.42 Å². The zero-order valence-electron chi connectivity index (χ0n) is 5.00. The lowest BCUT2D eigenvalue weighted by atomic mass is 10.3. The van der Waals surface area contributed by atoms with E-state index in [1.54, 1.807) is 6.07 Å². The molecule has 0 saturated carbocycles. The highest BCUT2D eigenvalue weighted by atomic mass is 16.5. The van der Waals surface area contributed by atoms with Gasteiger partial charge in [0.2, 0.25) is 0 Å². The highest BCUT2D eigenvalue weighted by molar-refractivity contribution is 5.72. The number of hydrogen-bond donors (Lipinski definition) is 1. The highest BCUT2D eigenvalue weighted by Crippen LogP contribution is 1.93. The number of nitriles is 1. The molecule has 0 rings (SSSR count). The van der Waals surface area contributed by atoms with Crippen molar-refractivity contribution in [3.8, 4) is 6.07 Å². The van der Waals surface area contributed by atoms with E-state index in [2.05, 4.69) is 4.74 Å². The first kappa shape index (κ1) is 7.92. The van der Waals surface area contributed by atoms with Gasteiger partial charge in [-0.15, -0.1) is 0 Å². The first-order chi connectivity index (χ1) is 4.22. The Morgan fingerprint density at radius 1 is 2.00 bits per heavy atom. The Morgan fingerprint density at radius 3 is 2.67 bits per heavy atom. The summed E-state index contributed by atoms with van der Waals surface area (Å²) >= 11 is 0. The summed E-state index contributed by atoms with van der Waals surface area (Å²) in [6.45, 7) is 0. The van der Waals surface area contributed by atoms with Crippen LogP contribution < -0.4 is 0 Å². The molecule has 0 radical (unpaired) electrons. The summed E-state index contributed by atoms with van der Waals surface area (Å²) in [6, 6.07) is 1.69. The summed E-state index contributed by atoms with van der Waals surface area (Å²) in [7, 11) is 1.26. The molecule has 0 aromatic rings. The fourth-order valence-corrected chi connectivity index (χ4v) is 0.354. The summed E-state index contributed by atoms with van der Waals surface area (Å²) in [4.78, 5) is 10.0. The quantitative estimate of drug-likeness (QED) is 0.582. The molecular weight excluding hydrogens is 122 g/mol. The number of methoxy groups -OCH3 is 1. The van der Waals surface area contributed by atoms with E-state index >= 15 is 0 Å². The molecule has 0 aliphatic rings. The zero-order chi connectivity index (χ0) is 7.28. The zero-order valence-corrected chi connectivity index (χ0v) is 5.00. The molecule has 0 bridgehead atoms. The molecule has 0 fully saturated rings. The summed E-state index contributed by atoms with van der Waals surface area (Å²) < 4.78 is 4.43. The Hall–Kier alpha value is -1.08. The van der Waals surface area contributed by atoms with Crippen molar-refractivity contribution in [1.29, 1.82) is 5.26 Å². The van der Waals surface area contributed by atoms with Crippen molar-refractivity contribution in [1.82, 2.24) is 0 Å². The third kappa shape index (κ3) is 2.67. The molecule has 0 aromatic heterocycles. The molecule has 1 atom stereocenters. The molecule has 0 amide bonds. The lowest BCUT2D eigenvalue weighted by molar-refractivity contribution is -0.148. The van der Waals surface area contributed by atoms with Gasteiger partial charge in [0.25, 0.3) is 0 Å². The minimum atomic E-state index is -1.10. The van der Waals surface area contributed by atoms with Gasteiger partial charge in [0.1, 0.15) is 0 Å². The lowest BCUT2D eigenvalue weighted by Gasteiger charge is -2.02. The minimum absolute atomic E-state index is 0.105. The van der Waals surface area contributed by atoms with E-state index in [1.165, 1.54) is 7.11 Å². The summed E-state index contributed by atoms with van der Waals surface area (Å²) in [6.07, 6.45) is -1.08. The number of rotatable bonds is 3. The van der Waals surface area contributed by atoms with Gasteiger partial charge in [-0.3, -0.25) is 0 Å². The Labute approximate surface area is 52.7 Å². The van der Waals surface area contributed by atoms with Crippen molar-refractivity contribution >= 4 is 5.97 Å². The number of nitrogens with zero attached hydrogens (tertiary/aromatic N) is 1. The predicted molar refractivity (Wildman–Crippen MR) is 28.7 cm³/mol. The van der Waals surface area contributed by atoms with Crippen molar-refractivity contribution in [2.45, 2.75) is 12.5 Å². The molecule has 0 aliphatic carbocycles. The van der Waals surface area contributed by atoms with Crippen LogP contribution in [0.25, 0.3) is 0 Å². The molecule has 50 valence electrons. The molecule has 0 unspecified atom stereocenters. The second-order valence-corrected chi connectivity index (χ2v) is 1.42. The van der Waals surface area contributed by atoms with Crippen molar-refractivity contribution in [2.24, 2.45) is 0 Å². The van der Waals surface area contributed by atoms with Gasteiger partial charge in [-0.1, -0.05) is 0 Å². The molecule has 0 aromatic carbocycles. The maximum atomic E-state index is 10.0. The standard InChI is InChI=1S/C5H7NO3/c1-9-4(2-3-6)5(7)8/h4H,2H2,1H3,(H,7,8)/t4-/m1/s1. The fraction of sp³-hybridized carbons (Fsp3) is 0.600. The number of carboxylic acids is 1. The van der Waals surface area contributed by atoms with Crippen LogP contribution in [0, 0.1) is 11.3 Å². The normalized spacial score (nSPS) is 12.0. The van der Waals surface area contributed by atoms with Gasteiger partial charge in [0, 0.05) is 7.11 Å². The molecule has 0 aliphatic heterocycles. The van der Waals surface area contributed by atoms with Crippen LogP contribution in [0.2, 0.25) is 0 Å². The molecule has 0 saturated heterocycles. The summed E-state index contributed by atoms with van der Waals surface area (Å²) in [5.74, 6) is -1.10. The van der Waals surface area contributed by atoms with Gasteiger partial charge in [0.05, 0.1) is 12.5 Å². The van der Waals surface area contributed by atoms with Gasteiger partial charge >= 0.3 is 5.97 Å². The van der Waals surface area contributed by atoms with Crippen LogP contribution in [0.4, 0.5) is 0 Å². The first-order valence-corrected chi connectivity index (χ1v) is 2.35. The van der Waals surface area contributed by atoms with Gasteiger partial charge in [-0.25, -0.2) is 4.79 Å². The maximum absolute atomic E-state index is 10.0. The van der Waals surface area contributed by atoms with E-state index in [0.29, 0.717) is 0 Å². The predicted octanol–water partition coefficient (Wildman–Crippen LogP) is -0.000320. The smallest absolute Gasteiger partial charge is 0.333 e. The van der Waals surface area contributed by atoms with Crippen LogP contribution in [0.3, 0.4) is 0 Å².